The Bertz CT molecular complexity index is 476. The Morgan fingerprint density at radius 2 is 2.19 bits per heavy atom. The molecule has 4 heteroatoms. The van der Waals surface area contributed by atoms with Crippen molar-refractivity contribution in [2.45, 2.75) is 59.6 Å². The SMILES string of the molecule is CCNCc1cc(Br)cnc1OC1CC(C)CC(C)(C)C1. The van der Waals surface area contributed by atoms with Gasteiger partial charge >= 0.3 is 0 Å². The third-order valence-electron chi connectivity index (χ3n) is 4.08. The fraction of sp³-hybridized carbons (Fsp3) is 0.706. The fourth-order valence-electron chi connectivity index (χ4n) is 3.47. The molecule has 2 unspecified atom stereocenters. The minimum absolute atomic E-state index is 0.276. The summed E-state index contributed by atoms with van der Waals surface area (Å²) in [7, 11) is 0. The molecule has 0 radical (unpaired) electrons. The molecule has 1 aliphatic rings. The quantitative estimate of drug-likeness (QED) is 0.842. The molecule has 0 saturated heterocycles. The van der Waals surface area contributed by atoms with Crippen LogP contribution >= 0.6 is 15.9 Å². The topological polar surface area (TPSA) is 34.2 Å². The lowest BCUT2D eigenvalue weighted by molar-refractivity contribution is 0.0524. The van der Waals surface area contributed by atoms with Crippen LogP contribution in [-0.2, 0) is 6.54 Å². The van der Waals surface area contributed by atoms with Crippen molar-refractivity contribution in [3.63, 3.8) is 0 Å². The van der Waals surface area contributed by atoms with E-state index in [9.17, 15) is 0 Å². The van der Waals surface area contributed by atoms with Crippen LogP contribution in [0.25, 0.3) is 0 Å². The number of halogens is 1. The van der Waals surface area contributed by atoms with E-state index in [0.717, 1.165) is 41.8 Å². The van der Waals surface area contributed by atoms with Gasteiger partial charge in [0.2, 0.25) is 5.88 Å². The van der Waals surface area contributed by atoms with Crippen LogP contribution in [0.5, 0.6) is 5.88 Å². The summed E-state index contributed by atoms with van der Waals surface area (Å²) in [6.07, 6.45) is 5.61. The van der Waals surface area contributed by atoms with Gasteiger partial charge in [-0.25, -0.2) is 4.98 Å². The first kappa shape index (κ1) is 16.8. The van der Waals surface area contributed by atoms with Crippen LogP contribution < -0.4 is 10.1 Å². The fourth-order valence-corrected chi connectivity index (χ4v) is 3.85. The van der Waals surface area contributed by atoms with Gasteiger partial charge in [-0.2, -0.15) is 0 Å². The molecule has 1 heterocycles. The molecule has 1 fully saturated rings. The Hall–Kier alpha value is -0.610. The van der Waals surface area contributed by atoms with E-state index in [0.29, 0.717) is 11.3 Å². The molecule has 0 bridgehead atoms. The molecule has 2 atom stereocenters. The van der Waals surface area contributed by atoms with Gasteiger partial charge in [-0.05, 0) is 59.1 Å². The third-order valence-corrected chi connectivity index (χ3v) is 4.52. The molecule has 1 saturated carbocycles. The first-order chi connectivity index (χ1) is 9.89. The molecule has 1 N–H and O–H groups in total. The summed E-state index contributed by atoms with van der Waals surface area (Å²) in [5, 5.41) is 3.35. The Morgan fingerprint density at radius 3 is 2.86 bits per heavy atom. The van der Waals surface area contributed by atoms with Crippen LogP contribution in [0.3, 0.4) is 0 Å². The van der Waals surface area contributed by atoms with Gasteiger partial charge in [0.25, 0.3) is 0 Å². The highest BCUT2D eigenvalue weighted by molar-refractivity contribution is 9.10. The first-order valence-corrected chi connectivity index (χ1v) is 8.70. The summed E-state index contributed by atoms with van der Waals surface area (Å²) in [4.78, 5) is 4.49. The lowest BCUT2D eigenvalue weighted by atomic mass is 9.71. The van der Waals surface area contributed by atoms with E-state index in [-0.39, 0.29) is 6.10 Å². The molecule has 0 aromatic carbocycles. The smallest absolute Gasteiger partial charge is 0.218 e. The number of nitrogens with one attached hydrogen (secondary N) is 1. The van der Waals surface area contributed by atoms with Gasteiger partial charge in [0.05, 0.1) is 0 Å². The summed E-state index contributed by atoms with van der Waals surface area (Å²) in [6, 6.07) is 2.10. The first-order valence-electron chi connectivity index (χ1n) is 7.91. The number of pyridine rings is 1. The number of hydrogen-bond donors (Lipinski definition) is 1. The molecule has 1 aliphatic carbocycles. The van der Waals surface area contributed by atoms with Crippen LogP contribution in [0.4, 0.5) is 0 Å². The van der Waals surface area contributed by atoms with Gasteiger partial charge < -0.3 is 10.1 Å². The summed E-state index contributed by atoms with van der Waals surface area (Å²) in [6.45, 7) is 10.9. The highest BCUT2D eigenvalue weighted by Crippen LogP contribution is 2.40. The zero-order valence-corrected chi connectivity index (χ0v) is 15.2. The lowest BCUT2D eigenvalue weighted by Gasteiger charge is -2.38. The second kappa shape index (κ2) is 7.10. The summed E-state index contributed by atoms with van der Waals surface area (Å²) < 4.78 is 7.27. The van der Waals surface area contributed by atoms with Gasteiger partial charge in [0.15, 0.2) is 0 Å². The Balaban J connectivity index is 2.11. The Labute approximate surface area is 137 Å². The largest absolute Gasteiger partial charge is 0.474 e. The van der Waals surface area contributed by atoms with Crippen molar-refractivity contribution >= 4 is 15.9 Å². The number of ether oxygens (including phenoxy) is 1. The van der Waals surface area contributed by atoms with Crippen molar-refractivity contribution in [3.8, 4) is 5.88 Å². The molecule has 0 amide bonds. The molecular weight excluding hydrogens is 328 g/mol. The monoisotopic (exact) mass is 354 g/mol. The lowest BCUT2D eigenvalue weighted by Crippen LogP contribution is -2.34. The van der Waals surface area contributed by atoms with E-state index < -0.39 is 0 Å². The Morgan fingerprint density at radius 1 is 1.43 bits per heavy atom. The second-order valence-electron chi connectivity index (χ2n) is 7.05. The molecule has 1 aromatic rings. The van der Waals surface area contributed by atoms with E-state index in [4.69, 9.17) is 4.74 Å². The molecular formula is C17H27BrN2O. The van der Waals surface area contributed by atoms with Gasteiger partial charge in [0.1, 0.15) is 6.10 Å². The maximum absolute atomic E-state index is 6.27. The number of rotatable bonds is 5. The van der Waals surface area contributed by atoms with Crippen LogP contribution in [0.15, 0.2) is 16.7 Å². The van der Waals surface area contributed by atoms with E-state index >= 15 is 0 Å². The summed E-state index contributed by atoms with van der Waals surface area (Å²) in [5.74, 6) is 1.50. The average Bonchev–Trinajstić information content (AvgIpc) is 2.36. The molecule has 0 spiro atoms. The van der Waals surface area contributed by atoms with Crippen molar-refractivity contribution in [1.29, 1.82) is 0 Å². The van der Waals surface area contributed by atoms with Gasteiger partial charge in [-0.15, -0.1) is 0 Å². The zero-order chi connectivity index (χ0) is 15.5. The molecule has 3 nitrogen and oxygen atoms in total. The van der Waals surface area contributed by atoms with Crippen molar-refractivity contribution in [3.05, 3.63) is 22.3 Å². The maximum Gasteiger partial charge on any atom is 0.218 e. The normalized spacial score (nSPS) is 24.8. The summed E-state index contributed by atoms with van der Waals surface area (Å²) in [5.41, 5.74) is 1.49. The zero-order valence-electron chi connectivity index (χ0n) is 13.6. The predicted molar refractivity (Wildman–Crippen MR) is 90.5 cm³/mol. The van der Waals surface area contributed by atoms with Crippen molar-refractivity contribution in [2.24, 2.45) is 11.3 Å². The molecule has 1 aromatic heterocycles. The maximum atomic E-state index is 6.27. The van der Waals surface area contributed by atoms with Gasteiger partial charge in [0, 0.05) is 22.8 Å². The second-order valence-corrected chi connectivity index (χ2v) is 7.97. The van der Waals surface area contributed by atoms with Gasteiger partial charge in [-0.3, -0.25) is 0 Å². The van der Waals surface area contributed by atoms with E-state index in [2.05, 4.69) is 60.0 Å². The molecule has 21 heavy (non-hydrogen) atoms. The van der Waals surface area contributed by atoms with Crippen LogP contribution in [0.1, 0.15) is 52.5 Å². The number of nitrogens with zero attached hydrogens (tertiary/aromatic N) is 1. The van der Waals surface area contributed by atoms with E-state index in [1.54, 1.807) is 0 Å². The van der Waals surface area contributed by atoms with Crippen molar-refractivity contribution in [1.82, 2.24) is 10.3 Å². The number of hydrogen-bond acceptors (Lipinski definition) is 3. The van der Waals surface area contributed by atoms with Crippen LogP contribution in [-0.4, -0.2) is 17.6 Å². The highest BCUT2D eigenvalue weighted by atomic mass is 79.9. The van der Waals surface area contributed by atoms with Gasteiger partial charge in [-0.1, -0.05) is 27.7 Å². The minimum Gasteiger partial charge on any atom is -0.474 e. The predicted octanol–water partition coefficient (Wildman–Crippen LogP) is 4.55. The van der Waals surface area contributed by atoms with Crippen LogP contribution in [0.2, 0.25) is 0 Å². The third kappa shape index (κ3) is 4.96. The Kier molecular flexibility index (Phi) is 5.67. The van der Waals surface area contributed by atoms with Crippen LogP contribution in [0, 0.1) is 11.3 Å². The standard InChI is InChI=1S/C17H27BrN2O/c1-5-19-10-13-7-14(18)11-20-16(13)21-15-6-12(2)8-17(3,4)9-15/h7,11-12,15,19H,5-6,8-10H2,1-4H3. The average molecular weight is 355 g/mol. The highest BCUT2D eigenvalue weighted by Gasteiger charge is 2.33. The van der Waals surface area contributed by atoms with Crippen molar-refractivity contribution in [2.75, 3.05) is 6.54 Å². The van der Waals surface area contributed by atoms with E-state index in [1.165, 1.54) is 6.42 Å². The van der Waals surface area contributed by atoms with Crippen molar-refractivity contribution < 1.29 is 4.74 Å². The molecule has 2 rings (SSSR count). The van der Waals surface area contributed by atoms with E-state index in [1.807, 2.05) is 6.20 Å². The molecule has 0 aliphatic heterocycles. The number of aromatic nitrogens is 1. The summed E-state index contributed by atoms with van der Waals surface area (Å²) >= 11 is 3.50. The minimum atomic E-state index is 0.276. The molecule has 118 valence electrons.